The maximum Gasteiger partial charge on any atom is 0.344 e. The lowest BCUT2D eigenvalue weighted by Crippen LogP contribution is -2.14. The molecule has 0 amide bonds. The zero-order chi connectivity index (χ0) is 12.8. The SMILES string of the molecule is CCOC(=O)COc1ccc([C@H](C)O)cc1Cl. The Morgan fingerprint density at radius 2 is 2.24 bits per heavy atom. The molecule has 1 aromatic rings. The summed E-state index contributed by atoms with van der Waals surface area (Å²) in [6.45, 7) is 3.51. The van der Waals surface area contributed by atoms with Crippen LogP contribution in [0.3, 0.4) is 0 Å². The van der Waals surface area contributed by atoms with Crippen LogP contribution in [0.5, 0.6) is 5.75 Å². The van der Waals surface area contributed by atoms with Crippen LogP contribution in [0.4, 0.5) is 0 Å². The normalized spacial score (nSPS) is 12.0. The predicted molar refractivity (Wildman–Crippen MR) is 64.2 cm³/mol. The molecule has 0 unspecified atom stereocenters. The fourth-order valence-corrected chi connectivity index (χ4v) is 1.48. The van der Waals surface area contributed by atoms with Gasteiger partial charge in [0.25, 0.3) is 0 Å². The topological polar surface area (TPSA) is 55.8 Å². The van der Waals surface area contributed by atoms with Crippen LogP contribution in [-0.4, -0.2) is 24.3 Å². The Labute approximate surface area is 105 Å². The number of carbonyl (C=O) groups is 1. The Bertz CT molecular complexity index is 390. The van der Waals surface area contributed by atoms with Crippen LogP contribution in [-0.2, 0) is 9.53 Å². The number of halogens is 1. The van der Waals surface area contributed by atoms with Gasteiger partial charge in [0, 0.05) is 0 Å². The van der Waals surface area contributed by atoms with Crippen molar-refractivity contribution in [1.29, 1.82) is 0 Å². The van der Waals surface area contributed by atoms with Crippen LogP contribution in [0.15, 0.2) is 18.2 Å². The van der Waals surface area contributed by atoms with Gasteiger partial charge in [0.1, 0.15) is 5.75 Å². The summed E-state index contributed by atoms with van der Waals surface area (Å²) in [5, 5.41) is 9.71. The number of hydrogen-bond acceptors (Lipinski definition) is 4. The molecule has 1 aromatic carbocycles. The summed E-state index contributed by atoms with van der Waals surface area (Å²) < 4.78 is 9.92. The molecular weight excluding hydrogens is 244 g/mol. The molecule has 0 aromatic heterocycles. The summed E-state index contributed by atoms with van der Waals surface area (Å²) in [7, 11) is 0. The molecule has 0 aliphatic heterocycles. The fourth-order valence-electron chi connectivity index (χ4n) is 1.23. The van der Waals surface area contributed by atoms with Crippen LogP contribution in [0.2, 0.25) is 5.02 Å². The van der Waals surface area contributed by atoms with E-state index in [1.54, 1.807) is 32.0 Å². The van der Waals surface area contributed by atoms with Gasteiger partial charge in [-0.2, -0.15) is 0 Å². The molecule has 0 saturated carbocycles. The molecule has 1 atom stereocenters. The number of aliphatic hydroxyl groups is 1. The van der Waals surface area contributed by atoms with Gasteiger partial charge in [-0.1, -0.05) is 17.7 Å². The number of rotatable bonds is 5. The first-order chi connectivity index (χ1) is 8.04. The molecular formula is C12H15ClO4. The summed E-state index contributed by atoms with van der Waals surface area (Å²) in [5.74, 6) is -0.0488. The van der Waals surface area contributed by atoms with Gasteiger partial charge in [-0.3, -0.25) is 0 Å². The Morgan fingerprint density at radius 1 is 1.53 bits per heavy atom. The van der Waals surface area contributed by atoms with Gasteiger partial charge >= 0.3 is 5.97 Å². The van der Waals surface area contributed by atoms with E-state index in [0.717, 1.165) is 0 Å². The molecule has 0 aliphatic rings. The minimum absolute atomic E-state index is 0.179. The van der Waals surface area contributed by atoms with E-state index in [-0.39, 0.29) is 6.61 Å². The quantitative estimate of drug-likeness (QED) is 0.824. The lowest BCUT2D eigenvalue weighted by atomic mass is 10.1. The van der Waals surface area contributed by atoms with Crippen LogP contribution in [0.25, 0.3) is 0 Å². The highest BCUT2D eigenvalue weighted by molar-refractivity contribution is 6.32. The second kappa shape index (κ2) is 6.47. The largest absolute Gasteiger partial charge is 0.480 e. The van der Waals surface area contributed by atoms with Crippen molar-refractivity contribution in [2.24, 2.45) is 0 Å². The third-order valence-electron chi connectivity index (χ3n) is 2.09. The lowest BCUT2D eigenvalue weighted by molar-refractivity contribution is -0.145. The van der Waals surface area contributed by atoms with Gasteiger partial charge < -0.3 is 14.6 Å². The second-order valence-electron chi connectivity index (χ2n) is 3.46. The van der Waals surface area contributed by atoms with Gasteiger partial charge in [-0.05, 0) is 31.5 Å². The summed E-state index contributed by atoms with van der Waals surface area (Å²) >= 11 is 5.95. The molecule has 1 N–H and O–H groups in total. The number of benzene rings is 1. The molecule has 0 spiro atoms. The molecule has 5 heteroatoms. The maximum atomic E-state index is 11.1. The van der Waals surface area contributed by atoms with Crippen LogP contribution < -0.4 is 4.74 Å². The van der Waals surface area contributed by atoms with Crippen molar-refractivity contribution in [2.75, 3.05) is 13.2 Å². The third kappa shape index (κ3) is 4.24. The van der Waals surface area contributed by atoms with Crippen molar-refractivity contribution in [3.05, 3.63) is 28.8 Å². The fraction of sp³-hybridized carbons (Fsp3) is 0.417. The van der Waals surface area contributed by atoms with Crippen LogP contribution in [0, 0.1) is 0 Å². The number of aliphatic hydroxyl groups excluding tert-OH is 1. The molecule has 0 fully saturated rings. The smallest absolute Gasteiger partial charge is 0.344 e. The molecule has 0 aliphatic carbocycles. The second-order valence-corrected chi connectivity index (χ2v) is 3.87. The number of esters is 1. The van der Waals surface area contributed by atoms with Gasteiger partial charge in [-0.25, -0.2) is 4.79 Å². The summed E-state index contributed by atoms with van der Waals surface area (Å²) in [6.07, 6.45) is -0.591. The van der Waals surface area contributed by atoms with E-state index in [9.17, 15) is 9.90 Å². The first kappa shape index (κ1) is 13.8. The van der Waals surface area contributed by atoms with Crippen molar-refractivity contribution >= 4 is 17.6 Å². The third-order valence-corrected chi connectivity index (χ3v) is 2.38. The van der Waals surface area contributed by atoms with Gasteiger partial charge in [0.05, 0.1) is 17.7 Å². The summed E-state index contributed by atoms with van der Waals surface area (Å²) in [6, 6.07) is 4.91. The van der Waals surface area contributed by atoms with Crippen molar-refractivity contribution in [1.82, 2.24) is 0 Å². The van der Waals surface area contributed by atoms with Crippen LogP contribution in [0.1, 0.15) is 25.5 Å². The molecule has 0 heterocycles. The van der Waals surface area contributed by atoms with E-state index in [0.29, 0.717) is 22.9 Å². The summed E-state index contributed by atoms with van der Waals surface area (Å²) in [5.41, 5.74) is 0.693. The molecule has 0 saturated heterocycles. The molecule has 17 heavy (non-hydrogen) atoms. The first-order valence-electron chi connectivity index (χ1n) is 5.30. The van der Waals surface area contributed by atoms with E-state index in [4.69, 9.17) is 21.1 Å². The Kier molecular flexibility index (Phi) is 5.25. The minimum Gasteiger partial charge on any atom is -0.480 e. The first-order valence-corrected chi connectivity index (χ1v) is 5.68. The lowest BCUT2D eigenvalue weighted by Gasteiger charge is -2.10. The molecule has 0 radical (unpaired) electrons. The van der Waals surface area contributed by atoms with E-state index in [1.165, 1.54) is 0 Å². The minimum atomic E-state index is -0.591. The Balaban J connectivity index is 2.63. The predicted octanol–water partition coefficient (Wildman–Crippen LogP) is 2.34. The summed E-state index contributed by atoms with van der Waals surface area (Å²) in [4.78, 5) is 11.1. The van der Waals surface area contributed by atoms with Crippen molar-refractivity contribution in [3.8, 4) is 5.75 Å². The van der Waals surface area contributed by atoms with Gasteiger partial charge in [0.2, 0.25) is 0 Å². The van der Waals surface area contributed by atoms with E-state index < -0.39 is 12.1 Å². The number of hydrogen-bond donors (Lipinski definition) is 1. The molecule has 0 bridgehead atoms. The van der Waals surface area contributed by atoms with E-state index in [2.05, 4.69) is 0 Å². The van der Waals surface area contributed by atoms with Gasteiger partial charge in [0.15, 0.2) is 6.61 Å². The highest BCUT2D eigenvalue weighted by atomic mass is 35.5. The van der Waals surface area contributed by atoms with Gasteiger partial charge in [-0.15, -0.1) is 0 Å². The average molecular weight is 259 g/mol. The zero-order valence-electron chi connectivity index (χ0n) is 9.77. The van der Waals surface area contributed by atoms with Crippen molar-refractivity contribution in [3.63, 3.8) is 0 Å². The maximum absolute atomic E-state index is 11.1. The Morgan fingerprint density at radius 3 is 2.76 bits per heavy atom. The number of carbonyl (C=O) groups excluding carboxylic acids is 1. The van der Waals surface area contributed by atoms with Crippen molar-refractivity contribution in [2.45, 2.75) is 20.0 Å². The number of ether oxygens (including phenoxy) is 2. The highest BCUT2D eigenvalue weighted by Crippen LogP contribution is 2.27. The van der Waals surface area contributed by atoms with Crippen LogP contribution >= 0.6 is 11.6 Å². The molecule has 4 nitrogen and oxygen atoms in total. The highest BCUT2D eigenvalue weighted by Gasteiger charge is 2.08. The molecule has 94 valence electrons. The van der Waals surface area contributed by atoms with E-state index >= 15 is 0 Å². The van der Waals surface area contributed by atoms with Crippen molar-refractivity contribution < 1.29 is 19.4 Å². The average Bonchev–Trinajstić information content (AvgIpc) is 2.27. The monoisotopic (exact) mass is 258 g/mol. The standard InChI is InChI=1S/C12H15ClO4/c1-3-16-12(15)7-17-11-5-4-9(8(2)14)6-10(11)13/h4-6,8,14H,3,7H2,1-2H3/t8-/m0/s1. The zero-order valence-corrected chi connectivity index (χ0v) is 10.5. The van der Waals surface area contributed by atoms with E-state index in [1.807, 2.05) is 0 Å². The Hall–Kier alpha value is -1.26. The molecule has 1 rings (SSSR count).